The van der Waals surface area contributed by atoms with Gasteiger partial charge in [-0.25, -0.2) is 4.79 Å². The normalized spacial score (nSPS) is 19.3. The highest BCUT2D eigenvalue weighted by atomic mass is 32.2. The number of rotatable bonds is 7. The number of amides is 1. The average molecular weight is 419 g/mol. The molecular weight excluding hydrogens is 394 g/mol. The van der Waals surface area contributed by atoms with Gasteiger partial charge < -0.3 is 9.84 Å². The van der Waals surface area contributed by atoms with Gasteiger partial charge in [-0.1, -0.05) is 48.0 Å². The van der Waals surface area contributed by atoms with Gasteiger partial charge in [-0.3, -0.25) is 9.08 Å². The number of likely N-dealkylation sites (tertiary alicyclic amines) is 1. The lowest BCUT2D eigenvalue weighted by Crippen LogP contribution is -2.45. The van der Waals surface area contributed by atoms with Gasteiger partial charge in [0.1, 0.15) is 6.61 Å². The minimum atomic E-state index is -3.93. The lowest BCUT2D eigenvalue weighted by molar-refractivity contribution is 0.0559. The van der Waals surface area contributed by atoms with Crippen molar-refractivity contribution in [3.05, 3.63) is 65.7 Å². The van der Waals surface area contributed by atoms with Gasteiger partial charge in [-0.05, 0) is 37.5 Å². The third kappa shape index (κ3) is 5.35. The molecular formula is C21H25NO6S. The number of carbonyl (C=O) groups is 1. The number of carbonyl (C=O) groups excluding carboxylic acids is 1. The molecule has 1 aliphatic heterocycles. The van der Waals surface area contributed by atoms with E-state index in [-0.39, 0.29) is 24.7 Å². The summed E-state index contributed by atoms with van der Waals surface area (Å²) in [5, 5.41) is 9.61. The van der Waals surface area contributed by atoms with Crippen LogP contribution in [0.2, 0.25) is 0 Å². The first-order chi connectivity index (χ1) is 13.9. The molecule has 1 amide bonds. The Morgan fingerprint density at radius 1 is 1.07 bits per heavy atom. The Bertz CT molecular complexity index is 914. The topological polar surface area (TPSA) is 93.1 Å². The van der Waals surface area contributed by atoms with Gasteiger partial charge in [0.2, 0.25) is 0 Å². The molecule has 7 nitrogen and oxygen atoms in total. The van der Waals surface area contributed by atoms with Crippen LogP contribution in [0.1, 0.15) is 24.0 Å². The number of aliphatic hydroxyl groups is 1. The highest BCUT2D eigenvalue weighted by Crippen LogP contribution is 2.26. The Morgan fingerprint density at radius 2 is 1.72 bits per heavy atom. The summed E-state index contributed by atoms with van der Waals surface area (Å²) in [6.07, 6.45) is 0.483. The van der Waals surface area contributed by atoms with Crippen LogP contribution < -0.4 is 0 Å². The maximum Gasteiger partial charge on any atom is 0.410 e. The van der Waals surface area contributed by atoms with Crippen LogP contribution in [-0.2, 0) is 25.6 Å². The number of aryl methyl sites for hydroxylation is 1. The van der Waals surface area contributed by atoms with E-state index >= 15 is 0 Å². The molecule has 0 aromatic heterocycles. The highest BCUT2D eigenvalue weighted by molar-refractivity contribution is 7.86. The van der Waals surface area contributed by atoms with Crippen LogP contribution in [0, 0.1) is 6.92 Å². The largest absolute Gasteiger partial charge is 0.445 e. The molecule has 2 aromatic rings. The SMILES string of the molecule is Cc1ccc(S(=O)(=O)OC[C@H]2CC[C@@H](CO)N2C(=O)OCc2ccccc2)cc1. The summed E-state index contributed by atoms with van der Waals surface area (Å²) in [7, 11) is -3.93. The summed E-state index contributed by atoms with van der Waals surface area (Å²) in [5.74, 6) is 0. The third-order valence-corrected chi connectivity index (χ3v) is 6.27. The van der Waals surface area contributed by atoms with Crippen LogP contribution in [0.3, 0.4) is 0 Å². The summed E-state index contributed by atoms with van der Waals surface area (Å²) < 4.78 is 35.5. The van der Waals surface area contributed by atoms with E-state index in [1.807, 2.05) is 37.3 Å². The molecule has 0 spiro atoms. The Balaban J connectivity index is 1.64. The second kappa shape index (κ2) is 9.39. The first-order valence-corrected chi connectivity index (χ1v) is 10.9. The van der Waals surface area contributed by atoms with E-state index in [1.165, 1.54) is 17.0 Å². The van der Waals surface area contributed by atoms with Gasteiger partial charge in [-0.15, -0.1) is 0 Å². The van der Waals surface area contributed by atoms with Gasteiger partial charge >= 0.3 is 6.09 Å². The van der Waals surface area contributed by atoms with Crippen LogP contribution in [0.5, 0.6) is 0 Å². The highest BCUT2D eigenvalue weighted by Gasteiger charge is 2.38. The van der Waals surface area contributed by atoms with Crippen LogP contribution >= 0.6 is 0 Å². The number of hydrogen-bond donors (Lipinski definition) is 1. The molecule has 1 fully saturated rings. The molecule has 1 N–H and O–H groups in total. The standard InChI is InChI=1S/C21H25NO6S/c1-16-7-11-20(12-8-16)29(25,26)28-15-19-10-9-18(13-23)22(19)21(24)27-14-17-5-3-2-4-6-17/h2-8,11-12,18-19,23H,9-10,13-15H2,1H3/t18-,19+/m0/s1. The molecule has 0 saturated carbocycles. The van der Waals surface area contributed by atoms with Crippen molar-refractivity contribution in [1.82, 2.24) is 4.90 Å². The van der Waals surface area contributed by atoms with E-state index in [2.05, 4.69) is 0 Å². The minimum absolute atomic E-state index is 0.0676. The van der Waals surface area contributed by atoms with E-state index in [4.69, 9.17) is 8.92 Å². The van der Waals surface area contributed by atoms with Crippen molar-refractivity contribution in [3.8, 4) is 0 Å². The van der Waals surface area contributed by atoms with Gasteiger partial charge in [-0.2, -0.15) is 8.42 Å². The van der Waals surface area contributed by atoms with E-state index in [1.54, 1.807) is 12.1 Å². The van der Waals surface area contributed by atoms with Crippen molar-refractivity contribution < 1.29 is 27.2 Å². The number of aliphatic hydroxyl groups excluding tert-OH is 1. The number of ether oxygens (including phenoxy) is 1. The summed E-state index contributed by atoms with van der Waals surface area (Å²) in [4.78, 5) is 14.1. The maximum atomic E-state index is 12.6. The minimum Gasteiger partial charge on any atom is -0.445 e. The van der Waals surface area contributed by atoms with Crippen LogP contribution in [0.4, 0.5) is 4.79 Å². The molecule has 29 heavy (non-hydrogen) atoms. The summed E-state index contributed by atoms with van der Waals surface area (Å²) in [6.45, 7) is 1.56. The van der Waals surface area contributed by atoms with Gasteiger partial charge in [0.15, 0.2) is 0 Å². The molecule has 2 aromatic carbocycles. The van der Waals surface area contributed by atoms with Crippen molar-refractivity contribution in [3.63, 3.8) is 0 Å². The van der Waals surface area contributed by atoms with E-state index < -0.39 is 28.3 Å². The molecule has 156 valence electrons. The van der Waals surface area contributed by atoms with Gasteiger partial charge in [0.05, 0.1) is 30.2 Å². The molecule has 0 aliphatic carbocycles. The smallest absolute Gasteiger partial charge is 0.410 e. The zero-order chi connectivity index (χ0) is 20.9. The maximum absolute atomic E-state index is 12.6. The fraction of sp³-hybridized carbons (Fsp3) is 0.381. The molecule has 1 aliphatic rings. The molecule has 1 saturated heterocycles. The zero-order valence-corrected chi connectivity index (χ0v) is 17.0. The van der Waals surface area contributed by atoms with Crippen molar-refractivity contribution >= 4 is 16.2 Å². The fourth-order valence-corrected chi connectivity index (χ4v) is 4.28. The lowest BCUT2D eigenvalue weighted by Gasteiger charge is -2.28. The predicted molar refractivity (Wildman–Crippen MR) is 107 cm³/mol. The lowest BCUT2D eigenvalue weighted by atomic mass is 10.2. The van der Waals surface area contributed by atoms with Crippen molar-refractivity contribution in [1.29, 1.82) is 0 Å². The van der Waals surface area contributed by atoms with Crippen molar-refractivity contribution in [2.24, 2.45) is 0 Å². The first-order valence-electron chi connectivity index (χ1n) is 9.46. The molecule has 0 radical (unpaired) electrons. The molecule has 0 bridgehead atoms. The molecule has 3 rings (SSSR count). The van der Waals surface area contributed by atoms with Gasteiger partial charge in [0.25, 0.3) is 10.1 Å². The zero-order valence-electron chi connectivity index (χ0n) is 16.2. The van der Waals surface area contributed by atoms with Crippen LogP contribution in [-0.4, -0.2) is 49.8 Å². The molecule has 2 atom stereocenters. The molecule has 8 heteroatoms. The third-order valence-electron chi connectivity index (χ3n) is 4.97. The monoisotopic (exact) mass is 419 g/mol. The van der Waals surface area contributed by atoms with Crippen LogP contribution in [0.25, 0.3) is 0 Å². The quantitative estimate of drug-likeness (QED) is 0.694. The number of nitrogens with zero attached hydrogens (tertiary/aromatic N) is 1. The van der Waals surface area contributed by atoms with E-state index in [0.29, 0.717) is 12.8 Å². The predicted octanol–water partition coefficient (Wildman–Crippen LogP) is 2.86. The van der Waals surface area contributed by atoms with Crippen molar-refractivity contribution in [2.45, 2.75) is 43.4 Å². The molecule has 1 heterocycles. The molecule has 0 unspecified atom stereocenters. The Kier molecular flexibility index (Phi) is 6.89. The Labute approximate surface area is 171 Å². The second-order valence-corrected chi connectivity index (χ2v) is 8.68. The van der Waals surface area contributed by atoms with Crippen LogP contribution in [0.15, 0.2) is 59.5 Å². The van der Waals surface area contributed by atoms with E-state index in [9.17, 15) is 18.3 Å². The summed E-state index contributed by atoms with van der Waals surface area (Å²) >= 11 is 0. The number of benzene rings is 2. The second-order valence-electron chi connectivity index (χ2n) is 7.07. The Morgan fingerprint density at radius 3 is 2.38 bits per heavy atom. The average Bonchev–Trinajstić information content (AvgIpc) is 3.15. The van der Waals surface area contributed by atoms with Gasteiger partial charge in [0, 0.05) is 0 Å². The summed E-state index contributed by atoms with van der Waals surface area (Å²) in [5.41, 5.74) is 1.79. The summed E-state index contributed by atoms with van der Waals surface area (Å²) in [6, 6.07) is 14.7. The first kappa shape index (κ1) is 21.3. The number of hydrogen-bond acceptors (Lipinski definition) is 6. The van der Waals surface area contributed by atoms with Crippen molar-refractivity contribution in [2.75, 3.05) is 13.2 Å². The van der Waals surface area contributed by atoms with E-state index in [0.717, 1.165) is 11.1 Å². The Hall–Kier alpha value is -2.42. The fourth-order valence-electron chi connectivity index (χ4n) is 3.34.